The van der Waals surface area contributed by atoms with Crippen molar-refractivity contribution in [1.29, 1.82) is 0 Å². The van der Waals surface area contributed by atoms with Crippen molar-refractivity contribution in [3.05, 3.63) is 57.0 Å². The molecule has 10 heteroatoms. The van der Waals surface area contributed by atoms with Gasteiger partial charge in [0, 0.05) is 10.2 Å². The molecule has 26 heavy (non-hydrogen) atoms. The van der Waals surface area contributed by atoms with Crippen LogP contribution in [-0.2, 0) is 14.8 Å². The second-order valence-corrected chi connectivity index (χ2v) is 8.26. The normalized spacial score (nSPS) is 11.1. The van der Waals surface area contributed by atoms with Gasteiger partial charge in [-0.25, -0.2) is 13.6 Å². The average Bonchev–Trinajstić information content (AvgIpc) is 2.54. The highest BCUT2D eigenvalue weighted by Crippen LogP contribution is 2.21. The van der Waals surface area contributed by atoms with Crippen LogP contribution < -0.4 is 15.8 Å². The van der Waals surface area contributed by atoms with E-state index in [2.05, 4.69) is 26.6 Å². The highest BCUT2D eigenvalue weighted by molar-refractivity contribution is 9.10. The van der Waals surface area contributed by atoms with Crippen molar-refractivity contribution < 1.29 is 18.0 Å². The summed E-state index contributed by atoms with van der Waals surface area (Å²) in [6.07, 6.45) is 0. The number of benzene rings is 2. The summed E-state index contributed by atoms with van der Waals surface area (Å²) in [5, 5.41) is 10.1. The molecular weight excluding hydrogens is 446 g/mol. The van der Waals surface area contributed by atoms with Gasteiger partial charge in [0.25, 0.3) is 5.91 Å². The summed E-state index contributed by atoms with van der Waals surface area (Å²) in [6, 6.07) is 8.85. The largest absolute Gasteiger partial charge is 0.343 e. The van der Waals surface area contributed by atoms with E-state index in [0.717, 1.165) is 16.1 Å². The zero-order valence-corrected chi connectivity index (χ0v) is 16.7. The Labute approximate surface area is 164 Å². The van der Waals surface area contributed by atoms with Crippen LogP contribution in [0.3, 0.4) is 0 Å². The number of hydrogen-bond donors (Lipinski definition) is 3. The van der Waals surface area contributed by atoms with Gasteiger partial charge < -0.3 is 10.6 Å². The number of anilines is 1. The van der Waals surface area contributed by atoms with E-state index < -0.39 is 21.8 Å². The van der Waals surface area contributed by atoms with Crippen molar-refractivity contribution in [3.8, 4) is 0 Å². The maximum Gasteiger partial charge on any atom is 0.253 e. The first-order valence-electron chi connectivity index (χ1n) is 7.24. The molecule has 138 valence electrons. The lowest BCUT2D eigenvalue weighted by atomic mass is 10.2. The van der Waals surface area contributed by atoms with Crippen LogP contribution in [0.15, 0.2) is 45.8 Å². The van der Waals surface area contributed by atoms with Gasteiger partial charge in [-0.3, -0.25) is 9.59 Å². The number of nitrogens with one attached hydrogen (secondary N) is 2. The molecule has 0 heterocycles. The topological polar surface area (TPSA) is 118 Å². The predicted octanol–water partition coefficient (Wildman–Crippen LogP) is 2.43. The fraction of sp³-hybridized carbons (Fsp3) is 0.125. The van der Waals surface area contributed by atoms with Gasteiger partial charge in [-0.2, -0.15) is 0 Å². The summed E-state index contributed by atoms with van der Waals surface area (Å²) >= 11 is 9.25. The van der Waals surface area contributed by atoms with E-state index in [1.165, 1.54) is 12.1 Å². The number of sulfonamides is 1. The summed E-state index contributed by atoms with van der Waals surface area (Å²) in [6.45, 7) is 1.52. The Morgan fingerprint density at radius 1 is 1.19 bits per heavy atom. The molecule has 2 aromatic rings. The van der Waals surface area contributed by atoms with Crippen LogP contribution >= 0.6 is 27.5 Å². The van der Waals surface area contributed by atoms with E-state index >= 15 is 0 Å². The standard InChI is InChI=1S/C16H15BrClN3O4S/c1-9-6-10(17)2-5-14(9)21-15(22)8-20-16(23)12-7-11(26(19,24)25)3-4-13(12)18/h2-7H,8H2,1H3,(H,20,23)(H,21,22)(H2,19,24,25). The summed E-state index contributed by atoms with van der Waals surface area (Å²) in [4.78, 5) is 24.0. The molecule has 0 spiro atoms. The van der Waals surface area contributed by atoms with E-state index in [0.29, 0.717) is 5.69 Å². The number of carbonyl (C=O) groups is 2. The van der Waals surface area contributed by atoms with Crippen LogP contribution in [0.4, 0.5) is 5.69 Å². The van der Waals surface area contributed by atoms with E-state index in [1.807, 2.05) is 13.0 Å². The molecule has 0 unspecified atom stereocenters. The Balaban J connectivity index is 2.05. The van der Waals surface area contributed by atoms with Crippen molar-refractivity contribution in [2.45, 2.75) is 11.8 Å². The van der Waals surface area contributed by atoms with Gasteiger partial charge in [0.1, 0.15) is 0 Å². The van der Waals surface area contributed by atoms with Crippen molar-refractivity contribution in [2.24, 2.45) is 5.14 Å². The number of hydrogen-bond acceptors (Lipinski definition) is 4. The Morgan fingerprint density at radius 2 is 1.88 bits per heavy atom. The first-order valence-corrected chi connectivity index (χ1v) is 9.96. The molecule has 2 aromatic carbocycles. The molecular formula is C16H15BrClN3O4S. The first-order chi connectivity index (χ1) is 12.1. The highest BCUT2D eigenvalue weighted by atomic mass is 79.9. The molecule has 0 bridgehead atoms. The molecule has 0 saturated carbocycles. The molecule has 0 atom stereocenters. The van der Waals surface area contributed by atoms with Crippen LogP contribution in [0.1, 0.15) is 15.9 Å². The molecule has 2 amide bonds. The lowest BCUT2D eigenvalue weighted by molar-refractivity contribution is -0.115. The number of amides is 2. The monoisotopic (exact) mass is 459 g/mol. The quantitative estimate of drug-likeness (QED) is 0.635. The molecule has 7 nitrogen and oxygen atoms in total. The van der Waals surface area contributed by atoms with Crippen LogP contribution in [0.2, 0.25) is 5.02 Å². The Bertz CT molecular complexity index is 979. The van der Waals surface area contributed by atoms with Gasteiger partial charge in [0.15, 0.2) is 0 Å². The van der Waals surface area contributed by atoms with Crippen molar-refractivity contribution >= 4 is 55.1 Å². The van der Waals surface area contributed by atoms with Crippen LogP contribution in [-0.4, -0.2) is 26.8 Å². The van der Waals surface area contributed by atoms with Gasteiger partial charge in [-0.15, -0.1) is 0 Å². The SMILES string of the molecule is Cc1cc(Br)ccc1NC(=O)CNC(=O)c1cc(S(N)(=O)=O)ccc1Cl. The molecule has 0 aromatic heterocycles. The van der Waals surface area contributed by atoms with Crippen molar-refractivity contribution in [3.63, 3.8) is 0 Å². The number of rotatable bonds is 5. The molecule has 2 rings (SSSR count). The maximum absolute atomic E-state index is 12.2. The summed E-state index contributed by atoms with van der Waals surface area (Å²) in [7, 11) is -3.98. The summed E-state index contributed by atoms with van der Waals surface area (Å²) in [5.41, 5.74) is 1.37. The summed E-state index contributed by atoms with van der Waals surface area (Å²) in [5.74, 6) is -1.13. The van der Waals surface area contributed by atoms with Crippen molar-refractivity contribution in [1.82, 2.24) is 5.32 Å². The van der Waals surface area contributed by atoms with E-state index in [4.69, 9.17) is 16.7 Å². The number of aryl methyl sites for hydroxylation is 1. The first kappa shape index (κ1) is 20.4. The average molecular weight is 461 g/mol. The molecule has 0 aliphatic rings. The Morgan fingerprint density at radius 3 is 2.50 bits per heavy atom. The van der Waals surface area contributed by atoms with Crippen LogP contribution in [0.25, 0.3) is 0 Å². The third-order valence-corrected chi connectivity index (χ3v) is 5.12. The van der Waals surface area contributed by atoms with Gasteiger partial charge in [0.2, 0.25) is 15.9 Å². The maximum atomic E-state index is 12.2. The lowest BCUT2D eigenvalue weighted by Crippen LogP contribution is -2.33. The van der Waals surface area contributed by atoms with Crippen LogP contribution in [0, 0.1) is 6.92 Å². The summed E-state index contributed by atoms with van der Waals surface area (Å²) < 4.78 is 23.6. The van der Waals surface area contributed by atoms with Gasteiger partial charge in [-0.1, -0.05) is 27.5 Å². The fourth-order valence-electron chi connectivity index (χ4n) is 2.07. The molecule has 4 N–H and O–H groups in total. The Kier molecular flexibility index (Phi) is 6.40. The zero-order valence-electron chi connectivity index (χ0n) is 13.5. The lowest BCUT2D eigenvalue weighted by Gasteiger charge is -2.10. The zero-order chi connectivity index (χ0) is 19.5. The molecule has 0 radical (unpaired) electrons. The minimum atomic E-state index is -3.98. The molecule has 0 aliphatic carbocycles. The minimum Gasteiger partial charge on any atom is -0.343 e. The fourth-order valence-corrected chi connectivity index (χ4v) is 3.29. The molecule has 0 saturated heterocycles. The second-order valence-electron chi connectivity index (χ2n) is 5.38. The van der Waals surface area contributed by atoms with Gasteiger partial charge >= 0.3 is 0 Å². The third-order valence-electron chi connectivity index (χ3n) is 3.38. The van der Waals surface area contributed by atoms with E-state index in [-0.39, 0.29) is 22.0 Å². The number of nitrogens with two attached hydrogens (primary N) is 1. The Hall–Kier alpha value is -1.94. The van der Waals surface area contributed by atoms with Crippen molar-refractivity contribution in [2.75, 3.05) is 11.9 Å². The predicted molar refractivity (Wildman–Crippen MR) is 103 cm³/mol. The number of primary sulfonamides is 1. The number of carbonyl (C=O) groups excluding carboxylic acids is 2. The van der Waals surface area contributed by atoms with Gasteiger partial charge in [0.05, 0.1) is 22.0 Å². The minimum absolute atomic E-state index is 0.0408. The van der Waals surface area contributed by atoms with E-state index in [9.17, 15) is 18.0 Å². The van der Waals surface area contributed by atoms with Gasteiger partial charge in [-0.05, 0) is 48.9 Å². The molecule has 0 fully saturated rings. The highest BCUT2D eigenvalue weighted by Gasteiger charge is 2.16. The number of halogens is 2. The second kappa shape index (κ2) is 8.17. The van der Waals surface area contributed by atoms with E-state index in [1.54, 1.807) is 12.1 Å². The smallest absolute Gasteiger partial charge is 0.253 e. The van der Waals surface area contributed by atoms with Crippen LogP contribution in [0.5, 0.6) is 0 Å². The molecule has 0 aliphatic heterocycles. The third kappa shape index (κ3) is 5.28.